The molecule has 1 aromatic rings. The molecule has 0 unspecified atom stereocenters. The van der Waals surface area contributed by atoms with Crippen LogP contribution in [-0.4, -0.2) is 45.7 Å². The van der Waals surface area contributed by atoms with Gasteiger partial charge in [0.2, 0.25) is 0 Å². The smallest absolute Gasteiger partial charge is 0.125 e. The lowest BCUT2D eigenvalue weighted by molar-refractivity contribution is 0.404. The standard InChI is InChI=1S/C16H29N3O/c1-6-10-19(12-11-18(3)4)14-8-7-9-15(20-5)16(14)13(2)17/h7-9,13H,6,10-12,17H2,1-5H3/t13-/m1/s1. The second-order valence-electron chi connectivity index (χ2n) is 5.47. The highest BCUT2D eigenvalue weighted by Crippen LogP contribution is 2.33. The average molecular weight is 279 g/mol. The normalized spacial score (nSPS) is 12.6. The maximum atomic E-state index is 6.16. The largest absolute Gasteiger partial charge is 0.496 e. The molecular weight excluding hydrogens is 250 g/mol. The average Bonchev–Trinajstić information content (AvgIpc) is 2.42. The first kappa shape index (κ1) is 16.8. The minimum absolute atomic E-state index is 0.0418. The Bertz CT molecular complexity index is 405. The number of anilines is 1. The van der Waals surface area contributed by atoms with Crippen LogP contribution in [0, 0.1) is 0 Å². The maximum absolute atomic E-state index is 6.16. The highest BCUT2D eigenvalue weighted by atomic mass is 16.5. The molecule has 2 N–H and O–H groups in total. The van der Waals surface area contributed by atoms with E-state index in [-0.39, 0.29) is 6.04 Å². The van der Waals surface area contributed by atoms with E-state index in [0.29, 0.717) is 0 Å². The Morgan fingerprint density at radius 2 is 1.90 bits per heavy atom. The van der Waals surface area contributed by atoms with E-state index < -0.39 is 0 Å². The number of likely N-dealkylation sites (N-methyl/N-ethyl adjacent to an activating group) is 1. The molecule has 1 rings (SSSR count). The topological polar surface area (TPSA) is 41.7 Å². The number of hydrogen-bond acceptors (Lipinski definition) is 4. The molecule has 0 spiro atoms. The van der Waals surface area contributed by atoms with Gasteiger partial charge in [-0.15, -0.1) is 0 Å². The minimum Gasteiger partial charge on any atom is -0.496 e. The SMILES string of the molecule is CCCN(CCN(C)C)c1cccc(OC)c1[C@@H](C)N. The Kier molecular flexibility index (Phi) is 6.82. The van der Waals surface area contributed by atoms with E-state index in [1.807, 2.05) is 19.1 Å². The van der Waals surface area contributed by atoms with Crippen molar-refractivity contribution in [3.05, 3.63) is 23.8 Å². The molecule has 20 heavy (non-hydrogen) atoms. The minimum atomic E-state index is -0.0418. The molecule has 0 aliphatic rings. The molecule has 4 nitrogen and oxygen atoms in total. The van der Waals surface area contributed by atoms with Crippen LogP contribution >= 0.6 is 0 Å². The number of rotatable bonds is 8. The van der Waals surface area contributed by atoms with Gasteiger partial charge in [-0.1, -0.05) is 13.0 Å². The van der Waals surface area contributed by atoms with Gasteiger partial charge in [-0.05, 0) is 39.6 Å². The summed E-state index contributed by atoms with van der Waals surface area (Å²) in [5.41, 5.74) is 8.46. The van der Waals surface area contributed by atoms with Crippen LogP contribution in [0.3, 0.4) is 0 Å². The van der Waals surface area contributed by atoms with Crippen molar-refractivity contribution in [3.63, 3.8) is 0 Å². The zero-order valence-corrected chi connectivity index (χ0v) is 13.5. The molecule has 0 aromatic heterocycles. The maximum Gasteiger partial charge on any atom is 0.125 e. The molecule has 0 radical (unpaired) electrons. The van der Waals surface area contributed by atoms with Gasteiger partial charge in [0.1, 0.15) is 5.75 Å². The number of hydrogen-bond donors (Lipinski definition) is 1. The number of ether oxygens (including phenoxy) is 1. The molecule has 0 fully saturated rings. The van der Waals surface area contributed by atoms with Gasteiger partial charge in [0.25, 0.3) is 0 Å². The van der Waals surface area contributed by atoms with Gasteiger partial charge in [0.05, 0.1) is 7.11 Å². The van der Waals surface area contributed by atoms with Crippen molar-refractivity contribution >= 4 is 5.69 Å². The van der Waals surface area contributed by atoms with E-state index in [0.717, 1.165) is 37.4 Å². The Labute approximate surface area is 123 Å². The van der Waals surface area contributed by atoms with Crippen LogP contribution in [0.1, 0.15) is 31.9 Å². The summed E-state index contributed by atoms with van der Waals surface area (Å²) >= 11 is 0. The van der Waals surface area contributed by atoms with E-state index in [1.54, 1.807) is 7.11 Å². The van der Waals surface area contributed by atoms with E-state index in [1.165, 1.54) is 5.69 Å². The van der Waals surface area contributed by atoms with Crippen molar-refractivity contribution < 1.29 is 4.74 Å². The summed E-state index contributed by atoms with van der Waals surface area (Å²) in [5, 5.41) is 0. The lowest BCUT2D eigenvalue weighted by Crippen LogP contribution is -2.33. The van der Waals surface area contributed by atoms with Crippen molar-refractivity contribution in [2.45, 2.75) is 26.3 Å². The van der Waals surface area contributed by atoms with Crippen LogP contribution in [0.15, 0.2) is 18.2 Å². The van der Waals surface area contributed by atoms with Gasteiger partial charge < -0.3 is 20.3 Å². The Morgan fingerprint density at radius 3 is 2.40 bits per heavy atom. The van der Waals surface area contributed by atoms with E-state index in [2.05, 4.69) is 36.9 Å². The zero-order valence-electron chi connectivity index (χ0n) is 13.5. The molecule has 1 atom stereocenters. The zero-order chi connectivity index (χ0) is 15.1. The van der Waals surface area contributed by atoms with E-state index in [9.17, 15) is 0 Å². The molecule has 0 aliphatic heterocycles. The molecule has 0 aliphatic carbocycles. The highest BCUT2D eigenvalue weighted by Gasteiger charge is 2.17. The monoisotopic (exact) mass is 279 g/mol. The summed E-state index contributed by atoms with van der Waals surface area (Å²) in [6.07, 6.45) is 1.11. The lowest BCUT2D eigenvalue weighted by atomic mass is 10.0. The number of methoxy groups -OCH3 is 1. The van der Waals surface area contributed by atoms with Crippen molar-refractivity contribution in [1.29, 1.82) is 0 Å². The van der Waals surface area contributed by atoms with Crippen molar-refractivity contribution in [1.82, 2.24) is 4.90 Å². The molecule has 0 saturated carbocycles. The predicted molar refractivity (Wildman–Crippen MR) is 86.7 cm³/mol. The second kappa shape index (κ2) is 8.12. The summed E-state index contributed by atoms with van der Waals surface area (Å²) in [5.74, 6) is 0.878. The molecule has 0 amide bonds. The van der Waals surface area contributed by atoms with Crippen LogP contribution < -0.4 is 15.4 Å². The Balaban J connectivity index is 3.11. The van der Waals surface area contributed by atoms with Gasteiger partial charge in [-0.2, -0.15) is 0 Å². The Morgan fingerprint density at radius 1 is 1.20 bits per heavy atom. The number of nitrogens with zero attached hydrogens (tertiary/aromatic N) is 2. The first-order chi connectivity index (χ1) is 9.51. The van der Waals surface area contributed by atoms with E-state index >= 15 is 0 Å². The number of benzene rings is 1. The van der Waals surface area contributed by atoms with Crippen molar-refractivity contribution in [3.8, 4) is 5.75 Å². The Hall–Kier alpha value is -1.26. The molecule has 0 bridgehead atoms. The quantitative estimate of drug-likeness (QED) is 0.794. The summed E-state index contributed by atoms with van der Waals surface area (Å²) in [6, 6.07) is 6.13. The number of nitrogens with two attached hydrogens (primary N) is 1. The van der Waals surface area contributed by atoms with Gasteiger partial charge >= 0.3 is 0 Å². The fraction of sp³-hybridized carbons (Fsp3) is 0.625. The fourth-order valence-corrected chi connectivity index (χ4v) is 2.39. The van der Waals surface area contributed by atoms with Crippen molar-refractivity contribution in [2.75, 3.05) is 45.7 Å². The van der Waals surface area contributed by atoms with Crippen LogP contribution in [-0.2, 0) is 0 Å². The third-order valence-electron chi connectivity index (χ3n) is 3.37. The summed E-state index contributed by atoms with van der Waals surface area (Å²) in [6.45, 7) is 7.26. The van der Waals surface area contributed by atoms with Gasteiger partial charge in [0, 0.05) is 36.9 Å². The first-order valence-electron chi connectivity index (χ1n) is 7.33. The van der Waals surface area contributed by atoms with Crippen LogP contribution in [0.2, 0.25) is 0 Å². The van der Waals surface area contributed by atoms with Gasteiger partial charge in [-0.25, -0.2) is 0 Å². The second-order valence-corrected chi connectivity index (χ2v) is 5.47. The summed E-state index contributed by atoms with van der Waals surface area (Å²) in [7, 11) is 5.90. The van der Waals surface area contributed by atoms with Crippen molar-refractivity contribution in [2.24, 2.45) is 5.73 Å². The van der Waals surface area contributed by atoms with Crippen LogP contribution in [0.4, 0.5) is 5.69 Å². The first-order valence-corrected chi connectivity index (χ1v) is 7.33. The fourth-order valence-electron chi connectivity index (χ4n) is 2.39. The van der Waals surface area contributed by atoms with E-state index in [4.69, 9.17) is 10.5 Å². The predicted octanol–water partition coefficient (Wildman–Crippen LogP) is 2.49. The summed E-state index contributed by atoms with van der Waals surface area (Å²) in [4.78, 5) is 4.61. The van der Waals surface area contributed by atoms with Gasteiger partial charge in [-0.3, -0.25) is 0 Å². The molecule has 0 saturated heterocycles. The third kappa shape index (κ3) is 4.39. The molecule has 4 heteroatoms. The van der Waals surface area contributed by atoms with Crippen LogP contribution in [0.25, 0.3) is 0 Å². The van der Waals surface area contributed by atoms with Crippen LogP contribution in [0.5, 0.6) is 5.75 Å². The molecular formula is C16H29N3O. The molecule has 1 aromatic carbocycles. The highest BCUT2D eigenvalue weighted by molar-refractivity contribution is 5.60. The third-order valence-corrected chi connectivity index (χ3v) is 3.37. The molecule has 0 heterocycles. The summed E-state index contributed by atoms with van der Waals surface area (Å²) < 4.78 is 5.48. The molecule has 114 valence electrons. The lowest BCUT2D eigenvalue weighted by Gasteiger charge is -2.30. The van der Waals surface area contributed by atoms with Gasteiger partial charge in [0.15, 0.2) is 0 Å².